The molecular formula is C27H38N4O4. The van der Waals surface area contributed by atoms with Crippen molar-refractivity contribution in [1.29, 1.82) is 0 Å². The molecule has 8 heteroatoms. The number of nitrogens with one attached hydrogen (secondary N) is 1. The number of benzene rings is 1. The number of hydrogen-bond donors (Lipinski definition) is 1. The predicted molar refractivity (Wildman–Crippen MR) is 136 cm³/mol. The zero-order chi connectivity index (χ0) is 24.5. The highest BCUT2D eigenvalue weighted by atomic mass is 16.5. The number of fused-ring (bicyclic) bond motifs is 1. The molecule has 1 aromatic heterocycles. The highest BCUT2D eigenvalue weighted by Gasteiger charge is 2.36. The Hall–Kier alpha value is -2.61. The van der Waals surface area contributed by atoms with Crippen LogP contribution >= 0.6 is 0 Å². The van der Waals surface area contributed by atoms with Gasteiger partial charge in [-0.25, -0.2) is 4.79 Å². The van der Waals surface area contributed by atoms with Crippen LogP contribution in [0.4, 0.5) is 0 Å². The molecule has 0 spiro atoms. The molecule has 35 heavy (non-hydrogen) atoms. The van der Waals surface area contributed by atoms with E-state index >= 15 is 0 Å². The van der Waals surface area contributed by atoms with Crippen LogP contribution in [-0.4, -0.2) is 64.6 Å². The molecule has 3 fully saturated rings. The third-order valence-corrected chi connectivity index (χ3v) is 8.40. The molecule has 2 saturated carbocycles. The molecule has 8 nitrogen and oxygen atoms in total. The van der Waals surface area contributed by atoms with Crippen molar-refractivity contribution < 1.29 is 9.53 Å². The minimum absolute atomic E-state index is 0.0645. The molecule has 0 bridgehead atoms. The fourth-order valence-corrected chi connectivity index (χ4v) is 5.98. The first kappa shape index (κ1) is 24.1. The van der Waals surface area contributed by atoms with Crippen molar-refractivity contribution in [2.24, 2.45) is 17.8 Å². The molecule has 3 aliphatic rings. The number of H-pyrrole nitrogens is 1. The maximum atomic E-state index is 13.3. The SMILES string of the molecule is CCC1CN(C(=O)C2CCC(Cn3c(=O)[nH]c4ccc(OC)cc4c3=O)CC2)CCN1CC1CC1. The molecule has 2 aromatic rings. The van der Waals surface area contributed by atoms with Crippen LogP contribution < -0.4 is 16.0 Å². The monoisotopic (exact) mass is 482 g/mol. The second kappa shape index (κ2) is 10.2. The fraction of sp³-hybridized carbons (Fsp3) is 0.667. The smallest absolute Gasteiger partial charge is 0.328 e. The van der Waals surface area contributed by atoms with Crippen LogP contribution in [0.5, 0.6) is 5.75 Å². The summed E-state index contributed by atoms with van der Waals surface area (Å²) in [6, 6.07) is 5.59. The number of aromatic nitrogens is 2. The lowest BCUT2D eigenvalue weighted by molar-refractivity contribution is -0.140. The predicted octanol–water partition coefficient (Wildman–Crippen LogP) is 2.84. The number of carbonyl (C=O) groups is 1. The summed E-state index contributed by atoms with van der Waals surface area (Å²) in [5, 5.41) is 0.458. The highest BCUT2D eigenvalue weighted by Crippen LogP contribution is 2.33. The molecule has 2 aliphatic carbocycles. The minimum Gasteiger partial charge on any atom is -0.497 e. The Bertz CT molecular complexity index is 1180. The van der Waals surface area contributed by atoms with Crippen molar-refractivity contribution in [3.63, 3.8) is 0 Å². The number of methoxy groups -OCH3 is 1. The molecular weight excluding hydrogens is 444 g/mol. The van der Waals surface area contributed by atoms with Crippen LogP contribution in [0, 0.1) is 17.8 Å². The average Bonchev–Trinajstić information content (AvgIpc) is 3.70. The van der Waals surface area contributed by atoms with E-state index in [-0.39, 0.29) is 23.1 Å². The van der Waals surface area contributed by atoms with Gasteiger partial charge in [0, 0.05) is 44.7 Å². The van der Waals surface area contributed by atoms with Crippen LogP contribution in [0.1, 0.15) is 51.9 Å². The van der Waals surface area contributed by atoms with Gasteiger partial charge in [0.2, 0.25) is 5.91 Å². The molecule has 1 N–H and O–H groups in total. The summed E-state index contributed by atoms with van der Waals surface area (Å²) in [7, 11) is 1.56. The number of aromatic amines is 1. The molecule has 190 valence electrons. The summed E-state index contributed by atoms with van der Waals surface area (Å²) < 4.78 is 6.56. The molecule has 5 rings (SSSR count). The van der Waals surface area contributed by atoms with Crippen LogP contribution in [0.3, 0.4) is 0 Å². The van der Waals surface area contributed by atoms with Crippen molar-refractivity contribution in [2.75, 3.05) is 33.3 Å². The standard InChI is InChI=1S/C27H38N4O4/c1-3-21-17-30(13-12-29(21)15-18-4-5-18)25(32)20-8-6-19(7-9-20)16-31-26(33)23-14-22(35-2)10-11-24(23)28-27(31)34/h10-11,14,18-21H,3-9,12-13,15-17H2,1-2H3,(H,28,34). The first-order valence-electron chi connectivity index (χ1n) is 13.3. The quantitative estimate of drug-likeness (QED) is 0.656. The summed E-state index contributed by atoms with van der Waals surface area (Å²) in [5.41, 5.74) is -0.134. The van der Waals surface area contributed by atoms with E-state index < -0.39 is 0 Å². The zero-order valence-electron chi connectivity index (χ0n) is 21.0. The van der Waals surface area contributed by atoms with Gasteiger partial charge in [0.05, 0.1) is 18.0 Å². The lowest BCUT2D eigenvalue weighted by Crippen LogP contribution is -2.56. The zero-order valence-corrected chi connectivity index (χ0v) is 21.0. The molecule has 1 unspecified atom stereocenters. The van der Waals surface area contributed by atoms with Crippen molar-refractivity contribution in [3.05, 3.63) is 39.0 Å². The van der Waals surface area contributed by atoms with Gasteiger partial charge in [-0.1, -0.05) is 6.92 Å². The van der Waals surface area contributed by atoms with Crippen LogP contribution in [0.25, 0.3) is 10.9 Å². The first-order chi connectivity index (χ1) is 17.0. The van der Waals surface area contributed by atoms with E-state index in [2.05, 4.69) is 21.7 Å². The second-order valence-corrected chi connectivity index (χ2v) is 10.8. The lowest BCUT2D eigenvalue weighted by atomic mass is 9.81. The second-order valence-electron chi connectivity index (χ2n) is 10.8. The van der Waals surface area contributed by atoms with Gasteiger partial charge >= 0.3 is 5.69 Å². The number of carbonyl (C=O) groups excluding carboxylic acids is 1. The van der Waals surface area contributed by atoms with Crippen LogP contribution in [0.15, 0.2) is 27.8 Å². The maximum absolute atomic E-state index is 13.3. The van der Waals surface area contributed by atoms with E-state index in [1.54, 1.807) is 25.3 Å². The Morgan fingerprint density at radius 3 is 2.43 bits per heavy atom. The van der Waals surface area contributed by atoms with Gasteiger partial charge in [-0.15, -0.1) is 0 Å². The normalized spacial score (nSPS) is 25.7. The molecule has 1 amide bonds. The summed E-state index contributed by atoms with van der Waals surface area (Å²) in [5.74, 6) is 2.06. The summed E-state index contributed by atoms with van der Waals surface area (Å²) in [6.07, 6.45) is 7.19. The maximum Gasteiger partial charge on any atom is 0.328 e. The summed E-state index contributed by atoms with van der Waals surface area (Å²) in [6.45, 7) is 6.51. The van der Waals surface area contributed by atoms with Crippen molar-refractivity contribution in [2.45, 2.75) is 64.5 Å². The fourth-order valence-electron chi connectivity index (χ4n) is 5.98. The van der Waals surface area contributed by atoms with E-state index in [1.165, 1.54) is 24.0 Å². The number of amides is 1. The molecule has 1 aromatic carbocycles. The van der Waals surface area contributed by atoms with Gasteiger partial charge in [-0.05, 0) is 75.0 Å². The van der Waals surface area contributed by atoms with E-state index in [4.69, 9.17) is 4.74 Å². The van der Waals surface area contributed by atoms with Gasteiger partial charge in [0.1, 0.15) is 5.75 Å². The number of hydrogen-bond acceptors (Lipinski definition) is 5. The van der Waals surface area contributed by atoms with Crippen molar-refractivity contribution in [1.82, 2.24) is 19.4 Å². The van der Waals surface area contributed by atoms with Gasteiger partial charge in [0.25, 0.3) is 5.56 Å². The Balaban J connectivity index is 1.19. The molecule has 1 saturated heterocycles. The van der Waals surface area contributed by atoms with E-state index in [0.29, 0.717) is 35.1 Å². The lowest BCUT2D eigenvalue weighted by Gasteiger charge is -2.43. The highest BCUT2D eigenvalue weighted by molar-refractivity contribution is 5.79. The van der Waals surface area contributed by atoms with E-state index in [0.717, 1.165) is 57.7 Å². The first-order valence-corrected chi connectivity index (χ1v) is 13.3. The topological polar surface area (TPSA) is 87.6 Å². The number of nitrogens with zero attached hydrogens (tertiary/aromatic N) is 3. The Kier molecular flexibility index (Phi) is 7.00. The third-order valence-electron chi connectivity index (χ3n) is 8.40. The summed E-state index contributed by atoms with van der Waals surface area (Å²) >= 11 is 0. The Morgan fingerprint density at radius 2 is 1.74 bits per heavy atom. The molecule has 2 heterocycles. The van der Waals surface area contributed by atoms with E-state index in [1.807, 2.05) is 0 Å². The average molecular weight is 483 g/mol. The molecule has 0 radical (unpaired) electrons. The largest absolute Gasteiger partial charge is 0.497 e. The van der Waals surface area contributed by atoms with Crippen LogP contribution in [-0.2, 0) is 11.3 Å². The minimum atomic E-state index is -0.374. The third kappa shape index (κ3) is 5.17. The van der Waals surface area contributed by atoms with Crippen molar-refractivity contribution in [3.8, 4) is 5.75 Å². The van der Waals surface area contributed by atoms with Crippen molar-refractivity contribution >= 4 is 16.8 Å². The molecule has 1 aliphatic heterocycles. The van der Waals surface area contributed by atoms with E-state index in [9.17, 15) is 14.4 Å². The number of piperazine rings is 1. The van der Waals surface area contributed by atoms with Gasteiger partial charge < -0.3 is 14.6 Å². The number of ether oxygens (including phenoxy) is 1. The van der Waals surface area contributed by atoms with Crippen LogP contribution in [0.2, 0.25) is 0 Å². The summed E-state index contributed by atoms with van der Waals surface area (Å²) in [4.78, 5) is 46.5. The number of rotatable bonds is 7. The molecule has 1 atom stereocenters. The van der Waals surface area contributed by atoms with Gasteiger partial charge in [-0.2, -0.15) is 0 Å². The van der Waals surface area contributed by atoms with Gasteiger partial charge in [-0.3, -0.25) is 19.1 Å². The Labute approximate surface area is 206 Å². The Morgan fingerprint density at radius 1 is 1.03 bits per heavy atom. The van der Waals surface area contributed by atoms with Gasteiger partial charge in [0.15, 0.2) is 0 Å².